The zero-order valence-electron chi connectivity index (χ0n) is 14.1. The first kappa shape index (κ1) is 19.9. The van der Waals surface area contributed by atoms with Crippen molar-refractivity contribution in [2.75, 3.05) is 17.7 Å². The van der Waals surface area contributed by atoms with E-state index < -0.39 is 27.5 Å². The van der Waals surface area contributed by atoms with Crippen molar-refractivity contribution in [2.45, 2.75) is 12.7 Å². The van der Waals surface area contributed by atoms with Crippen LogP contribution in [-0.2, 0) is 25.1 Å². The number of nitrogens with one attached hydrogen (secondary N) is 1. The third kappa shape index (κ3) is 6.16. The second-order valence-corrected chi connectivity index (χ2v) is 8.01. The Hall–Kier alpha value is -2.38. The van der Waals surface area contributed by atoms with Gasteiger partial charge in [-0.25, -0.2) is 13.2 Å². The molecule has 8 heteroatoms. The molecular weight excluding hydrogens is 378 g/mol. The third-order valence-electron chi connectivity index (χ3n) is 3.31. The minimum atomic E-state index is -3.65. The Balaban J connectivity index is 2.00. The molecule has 1 amide bonds. The third-order valence-corrected chi connectivity index (χ3v) is 5.04. The largest absolute Gasteiger partial charge is 0.462 e. The Morgan fingerprint density at radius 2 is 1.81 bits per heavy atom. The van der Waals surface area contributed by atoms with Gasteiger partial charge in [-0.3, -0.25) is 4.79 Å². The maximum atomic E-state index is 12.2. The van der Waals surface area contributed by atoms with E-state index in [0.29, 0.717) is 16.3 Å². The SMILES string of the molecule is CCOC(=O)c1cccc(NC(=O)CS(=O)(=O)Cc2ccc(Cl)cc2)c1. The van der Waals surface area contributed by atoms with E-state index >= 15 is 0 Å². The van der Waals surface area contributed by atoms with Crippen LogP contribution in [0.15, 0.2) is 48.5 Å². The number of hydrogen-bond acceptors (Lipinski definition) is 5. The van der Waals surface area contributed by atoms with E-state index in [2.05, 4.69) is 5.32 Å². The Bertz CT molecular complexity index is 894. The molecule has 2 aromatic rings. The maximum absolute atomic E-state index is 12.2. The van der Waals surface area contributed by atoms with Gasteiger partial charge in [0.05, 0.1) is 17.9 Å². The second-order valence-electron chi connectivity index (χ2n) is 5.51. The molecule has 26 heavy (non-hydrogen) atoms. The number of carbonyl (C=O) groups excluding carboxylic acids is 2. The fraction of sp³-hybridized carbons (Fsp3) is 0.222. The second kappa shape index (κ2) is 8.82. The van der Waals surface area contributed by atoms with E-state index in [0.717, 1.165) is 0 Å². The lowest BCUT2D eigenvalue weighted by Gasteiger charge is -2.08. The van der Waals surface area contributed by atoms with Crippen LogP contribution in [-0.4, -0.2) is 32.7 Å². The molecule has 2 aromatic carbocycles. The van der Waals surface area contributed by atoms with Gasteiger partial charge in [0.2, 0.25) is 5.91 Å². The normalized spacial score (nSPS) is 11.0. The first-order valence-corrected chi connectivity index (χ1v) is 10.0. The monoisotopic (exact) mass is 395 g/mol. The Morgan fingerprint density at radius 3 is 2.46 bits per heavy atom. The number of ether oxygens (including phenoxy) is 1. The number of esters is 1. The van der Waals surface area contributed by atoms with Crippen molar-refractivity contribution in [3.63, 3.8) is 0 Å². The topological polar surface area (TPSA) is 89.5 Å². The molecule has 0 atom stereocenters. The molecule has 0 bridgehead atoms. The van der Waals surface area contributed by atoms with Gasteiger partial charge in [-0.1, -0.05) is 29.8 Å². The van der Waals surface area contributed by atoms with Gasteiger partial charge >= 0.3 is 5.97 Å². The molecule has 0 saturated carbocycles. The van der Waals surface area contributed by atoms with Crippen LogP contribution in [0.25, 0.3) is 0 Å². The predicted octanol–water partition coefficient (Wildman–Crippen LogP) is 3.07. The molecule has 0 unspecified atom stereocenters. The van der Waals surface area contributed by atoms with Crippen LogP contribution >= 0.6 is 11.6 Å². The van der Waals surface area contributed by atoms with Crippen molar-refractivity contribution in [1.29, 1.82) is 0 Å². The van der Waals surface area contributed by atoms with Crippen LogP contribution in [0, 0.1) is 0 Å². The Morgan fingerprint density at radius 1 is 1.12 bits per heavy atom. The average Bonchev–Trinajstić information content (AvgIpc) is 2.56. The molecule has 138 valence electrons. The van der Waals surface area contributed by atoms with Crippen molar-refractivity contribution in [3.05, 3.63) is 64.7 Å². The molecular formula is C18H18ClNO5S. The summed E-state index contributed by atoms with van der Waals surface area (Å²) in [4.78, 5) is 23.8. The van der Waals surface area contributed by atoms with E-state index in [9.17, 15) is 18.0 Å². The summed E-state index contributed by atoms with van der Waals surface area (Å²) in [7, 11) is -3.65. The molecule has 0 spiro atoms. The number of amides is 1. The van der Waals surface area contributed by atoms with Gasteiger partial charge in [-0.05, 0) is 42.8 Å². The Labute approximate surface area is 157 Å². The summed E-state index contributed by atoms with van der Waals surface area (Å²) in [6.45, 7) is 1.92. The van der Waals surface area contributed by atoms with Gasteiger partial charge in [0.25, 0.3) is 0 Å². The minimum Gasteiger partial charge on any atom is -0.462 e. The average molecular weight is 396 g/mol. The highest BCUT2D eigenvalue weighted by atomic mass is 35.5. The van der Waals surface area contributed by atoms with Gasteiger partial charge < -0.3 is 10.1 Å². The predicted molar refractivity (Wildman–Crippen MR) is 100.0 cm³/mol. The van der Waals surface area contributed by atoms with Gasteiger partial charge in [0.1, 0.15) is 5.75 Å². The molecule has 0 aliphatic heterocycles. The minimum absolute atomic E-state index is 0.234. The number of carbonyl (C=O) groups is 2. The number of sulfone groups is 1. The number of rotatable bonds is 7. The summed E-state index contributed by atoms with van der Waals surface area (Å²) in [5.74, 6) is -2.13. The van der Waals surface area contributed by atoms with Crippen LogP contribution in [0.2, 0.25) is 5.02 Å². The summed E-state index contributed by atoms with van der Waals surface area (Å²) in [5, 5.41) is 2.99. The van der Waals surface area contributed by atoms with Crippen LogP contribution < -0.4 is 5.32 Å². The molecule has 2 rings (SSSR count). The van der Waals surface area contributed by atoms with Gasteiger partial charge in [0, 0.05) is 10.7 Å². The zero-order valence-corrected chi connectivity index (χ0v) is 15.6. The number of halogens is 1. The molecule has 0 aliphatic carbocycles. The summed E-state index contributed by atoms with van der Waals surface area (Å²) < 4.78 is 29.2. The van der Waals surface area contributed by atoms with E-state index in [-0.39, 0.29) is 17.9 Å². The van der Waals surface area contributed by atoms with Crippen molar-refractivity contribution in [2.24, 2.45) is 0 Å². The van der Waals surface area contributed by atoms with Crippen molar-refractivity contribution >= 4 is 39.0 Å². The Kier molecular flexibility index (Phi) is 6.76. The number of hydrogen-bond donors (Lipinski definition) is 1. The lowest BCUT2D eigenvalue weighted by molar-refractivity contribution is -0.113. The van der Waals surface area contributed by atoms with Crippen LogP contribution in [0.3, 0.4) is 0 Å². The van der Waals surface area contributed by atoms with Gasteiger partial charge in [-0.2, -0.15) is 0 Å². The number of benzene rings is 2. The highest BCUT2D eigenvalue weighted by Crippen LogP contribution is 2.14. The van der Waals surface area contributed by atoms with Crippen molar-refractivity contribution < 1.29 is 22.7 Å². The summed E-state index contributed by atoms with van der Waals surface area (Å²) in [6.07, 6.45) is 0. The summed E-state index contributed by atoms with van der Waals surface area (Å²) in [5.41, 5.74) is 1.14. The summed E-state index contributed by atoms with van der Waals surface area (Å²) >= 11 is 5.77. The van der Waals surface area contributed by atoms with Crippen molar-refractivity contribution in [3.8, 4) is 0 Å². The highest BCUT2D eigenvalue weighted by molar-refractivity contribution is 7.91. The van der Waals surface area contributed by atoms with E-state index in [1.165, 1.54) is 6.07 Å². The quantitative estimate of drug-likeness (QED) is 0.727. The fourth-order valence-electron chi connectivity index (χ4n) is 2.22. The smallest absolute Gasteiger partial charge is 0.338 e. The zero-order chi connectivity index (χ0) is 19.2. The molecule has 0 heterocycles. The van der Waals surface area contributed by atoms with Gasteiger partial charge in [0.15, 0.2) is 9.84 Å². The summed E-state index contributed by atoms with van der Waals surface area (Å²) in [6, 6.07) is 12.5. The van der Waals surface area contributed by atoms with Crippen LogP contribution in [0.1, 0.15) is 22.8 Å². The molecule has 1 N–H and O–H groups in total. The van der Waals surface area contributed by atoms with Gasteiger partial charge in [-0.15, -0.1) is 0 Å². The van der Waals surface area contributed by atoms with Crippen LogP contribution in [0.4, 0.5) is 5.69 Å². The molecule has 0 aromatic heterocycles. The molecule has 6 nitrogen and oxygen atoms in total. The standard InChI is InChI=1S/C18H18ClNO5S/c1-2-25-18(22)14-4-3-5-16(10-14)20-17(21)12-26(23,24)11-13-6-8-15(19)9-7-13/h3-10H,2,11-12H2,1H3,(H,20,21). The van der Waals surface area contributed by atoms with E-state index in [4.69, 9.17) is 16.3 Å². The maximum Gasteiger partial charge on any atom is 0.338 e. The molecule has 0 fully saturated rings. The number of anilines is 1. The lowest BCUT2D eigenvalue weighted by atomic mass is 10.2. The molecule has 0 aliphatic rings. The first-order valence-electron chi connectivity index (χ1n) is 7.81. The lowest BCUT2D eigenvalue weighted by Crippen LogP contribution is -2.24. The van der Waals surface area contributed by atoms with E-state index in [1.54, 1.807) is 49.4 Å². The first-order chi connectivity index (χ1) is 12.3. The van der Waals surface area contributed by atoms with Crippen molar-refractivity contribution in [1.82, 2.24) is 0 Å². The van der Waals surface area contributed by atoms with Crippen LogP contribution in [0.5, 0.6) is 0 Å². The molecule has 0 saturated heterocycles. The molecule has 0 radical (unpaired) electrons. The highest BCUT2D eigenvalue weighted by Gasteiger charge is 2.18. The van der Waals surface area contributed by atoms with E-state index in [1.807, 2.05) is 0 Å². The fourth-order valence-corrected chi connectivity index (χ4v) is 3.62.